The minimum Gasteiger partial charge on any atom is -0.461 e. The molecule has 0 saturated carbocycles. The minimum atomic E-state index is -0.273. The topological polar surface area (TPSA) is 77.5 Å². The van der Waals surface area contributed by atoms with E-state index < -0.39 is 0 Å². The third-order valence-corrected chi connectivity index (χ3v) is 4.80. The Morgan fingerprint density at radius 2 is 2.48 bits per heavy atom. The van der Waals surface area contributed by atoms with E-state index in [-0.39, 0.29) is 17.2 Å². The molecule has 7 heteroatoms. The highest BCUT2D eigenvalue weighted by molar-refractivity contribution is 7.99. The third-order valence-electron chi connectivity index (χ3n) is 3.58. The van der Waals surface area contributed by atoms with Crippen LogP contribution in [0.25, 0.3) is 11.5 Å². The number of methoxy groups -OCH3 is 1. The van der Waals surface area contributed by atoms with Crippen molar-refractivity contribution in [3.05, 3.63) is 30.2 Å². The van der Waals surface area contributed by atoms with E-state index in [2.05, 4.69) is 10.5 Å². The molecule has 1 fully saturated rings. The molecule has 1 aliphatic heterocycles. The van der Waals surface area contributed by atoms with Crippen LogP contribution in [-0.2, 0) is 4.74 Å². The molecule has 3 heterocycles. The molecule has 112 valence electrons. The lowest BCUT2D eigenvalue weighted by molar-refractivity contribution is 0.0136. The second-order valence-electron chi connectivity index (χ2n) is 4.93. The molecule has 1 saturated heterocycles. The zero-order chi connectivity index (χ0) is 14.7. The van der Waals surface area contributed by atoms with E-state index in [0.29, 0.717) is 18.1 Å². The summed E-state index contributed by atoms with van der Waals surface area (Å²) in [5.41, 5.74) is -0.0354. The lowest BCUT2D eigenvalue weighted by Crippen LogP contribution is -2.44. The molecule has 1 N–H and O–H groups in total. The number of aromatic nitrogens is 1. The van der Waals surface area contributed by atoms with Crippen molar-refractivity contribution in [2.45, 2.75) is 12.0 Å². The number of amides is 1. The standard InChI is InChI=1S/C14H16N2O4S/c1-18-14(4-6-21-9-14)8-15-13(17)10-7-12(20-16-10)11-3-2-5-19-11/h2-3,5,7H,4,6,8-9H2,1H3,(H,15,17)/t14-/m0/s1. The summed E-state index contributed by atoms with van der Waals surface area (Å²) in [5, 5.41) is 6.63. The van der Waals surface area contributed by atoms with Gasteiger partial charge in [-0.2, -0.15) is 11.8 Å². The molecule has 0 bridgehead atoms. The fourth-order valence-corrected chi connectivity index (χ4v) is 3.61. The summed E-state index contributed by atoms with van der Waals surface area (Å²) >= 11 is 1.83. The molecular formula is C14H16N2O4S. The lowest BCUT2D eigenvalue weighted by atomic mass is 10.0. The molecule has 0 spiro atoms. The molecule has 2 aromatic heterocycles. The van der Waals surface area contributed by atoms with Gasteiger partial charge in [0.05, 0.1) is 11.9 Å². The summed E-state index contributed by atoms with van der Waals surface area (Å²) in [7, 11) is 1.68. The first-order valence-corrected chi connectivity index (χ1v) is 7.80. The summed E-state index contributed by atoms with van der Waals surface area (Å²) in [6.07, 6.45) is 2.47. The highest BCUT2D eigenvalue weighted by Gasteiger charge is 2.35. The van der Waals surface area contributed by atoms with Crippen LogP contribution in [0.2, 0.25) is 0 Å². The number of rotatable bonds is 5. The van der Waals surface area contributed by atoms with Crippen LogP contribution in [0.15, 0.2) is 33.4 Å². The summed E-state index contributed by atoms with van der Waals surface area (Å²) in [4.78, 5) is 12.1. The van der Waals surface area contributed by atoms with Crippen molar-refractivity contribution in [2.24, 2.45) is 0 Å². The van der Waals surface area contributed by atoms with Gasteiger partial charge in [-0.05, 0) is 24.3 Å². The Kier molecular flexibility index (Phi) is 4.03. The fraction of sp³-hybridized carbons (Fsp3) is 0.429. The number of ether oxygens (including phenoxy) is 1. The number of furan rings is 1. The van der Waals surface area contributed by atoms with Gasteiger partial charge in [-0.1, -0.05) is 5.16 Å². The van der Waals surface area contributed by atoms with Crippen molar-refractivity contribution in [3.8, 4) is 11.5 Å². The number of hydrogen-bond acceptors (Lipinski definition) is 6. The van der Waals surface area contributed by atoms with Crippen LogP contribution in [0.5, 0.6) is 0 Å². The second-order valence-corrected chi connectivity index (χ2v) is 6.03. The molecule has 21 heavy (non-hydrogen) atoms. The van der Waals surface area contributed by atoms with Gasteiger partial charge in [-0.15, -0.1) is 0 Å². The monoisotopic (exact) mass is 308 g/mol. The Morgan fingerprint density at radius 3 is 3.14 bits per heavy atom. The van der Waals surface area contributed by atoms with E-state index in [1.807, 2.05) is 11.8 Å². The third kappa shape index (κ3) is 2.98. The van der Waals surface area contributed by atoms with Crippen LogP contribution in [0.1, 0.15) is 16.9 Å². The quantitative estimate of drug-likeness (QED) is 0.912. The Hall–Kier alpha value is -1.73. The SMILES string of the molecule is CO[C@]1(CNC(=O)c2cc(-c3ccco3)on2)CCSC1. The van der Waals surface area contributed by atoms with Crippen LogP contribution in [0, 0.1) is 0 Å². The van der Waals surface area contributed by atoms with E-state index >= 15 is 0 Å². The van der Waals surface area contributed by atoms with E-state index in [0.717, 1.165) is 17.9 Å². The van der Waals surface area contributed by atoms with E-state index in [1.165, 1.54) is 6.26 Å². The van der Waals surface area contributed by atoms with Crippen molar-refractivity contribution in [2.75, 3.05) is 25.2 Å². The number of thioether (sulfide) groups is 1. The van der Waals surface area contributed by atoms with E-state index in [9.17, 15) is 4.79 Å². The molecule has 6 nitrogen and oxygen atoms in total. The first-order chi connectivity index (χ1) is 10.2. The van der Waals surface area contributed by atoms with Gasteiger partial charge in [0, 0.05) is 25.5 Å². The summed E-state index contributed by atoms with van der Waals surface area (Å²) in [5.74, 6) is 2.64. The molecular weight excluding hydrogens is 292 g/mol. The number of hydrogen-bond donors (Lipinski definition) is 1. The molecule has 0 radical (unpaired) electrons. The maximum Gasteiger partial charge on any atom is 0.273 e. The maximum atomic E-state index is 12.1. The van der Waals surface area contributed by atoms with Gasteiger partial charge < -0.3 is 19.0 Å². The van der Waals surface area contributed by atoms with Gasteiger partial charge in [-0.25, -0.2) is 0 Å². The second kappa shape index (κ2) is 5.95. The summed E-state index contributed by atoms with van der Waals surface area (Å²) < 4.78 is 15.9. The minimum absolute atomic E-state index is 0.235. The Morgan fingerprint density at radius 1 is 1.57 bits per heavy atom. The Bertz CT molecular complexity index is 602. The van der Waals surface area contributed by atoms with E-state index in [4.69, 9.17) is 13.7 Å². The van der Waals surface area contributed by atoms with Crippen molar-refractivity contribution >= 4 is 17.7 Å². The first-order valence-electron chi connectivity index (χ1n) is 6.64. The zero-order valence-electron chi connectivity index (χ0n) is 11.6. The van der Waals surface area contributed by atoms with Crippen molar-refractivity contribution < 1.29 is 18.5 Å². The van der Waals surface area contributed by atoms with Gasteiger partial charge in [0.1, 0.15) is 0 Å². The highest BCUT2D eigenvalue weighted by atomic mass is 32.2. The molecule has 2 aromatic rings. The zero-order valence-corrected chi connectivity index (χ0v) is 12.4. The molecule has 0 aromatic carbocycles. The Balaban J connectivity index is 1.63. The van der Waals surface area contributed by atoms with Crippen LogP contribution in [-0.4, -0.2) is 41.8 Å². The number of carbonyl (C=O) groups excluding carboxylic acids is 1. The smallest absolute Gasteiger partial charge is 0.273 e. The molecule has 1 aliphatic rings. The largest absolute Gasteiger partial charge is 0.461 e. The van der Waals surface area contributed by atoms with Crippen molar-refractivity contribution in [1.29, 1.82) is 0 Å². The predicted octanol–water partition coefficient (Wildman–Crippen LogP) is 2.19. The number of nitrogens with one attached hydrogen (secondary N) is 1. The molecule has 1 atom stereocenters. The number of carbonyl (C=O) groups is 1. The van der Waals surface area contributed by atoms with Gasteiger partial charge in [0.15, 0.2) is 11.5 Å². The van der Waals surface area contributed by atoms with Gasteiger partial charge in [-0.3, -0.25) is 4.79 Å². The molecule has 0 unspecified atom stereocenters. The highest BCUT2D eigenvalue weighted by Crippen LogP contribution is 2.30. The molecule has 0 aliphatic carbocycles. The predicted molar refractivity (Wildman–Crippen MR) is 78.2 cm³/mol. The maximum absolute atomic E-state index is 12.1. The summed E-state index contributed by atoms with van der Waals surface area (Å²) in [6.45, 7) is 0.471. The van der Waals surface area contributed by atoms with Gasteiger partial charge >= 0.3 is 0 Å². The first kappa shape index (κ1) is 14.2. The molecule has 3 rings (SSSR count). The van der Waals surface area contributed by atoms with Crippen LogP contribution in [0.3, 0.4) is 0 Å². The fourth-order valence-electron chi connectivity index (χ4n) is 2.21. The van der Waals surface area contributed by atoms with E-state index in [1.54, 1.807) is 25.3 Å². The average molecular weight is 308 g/mol. The van der Waals surface area contributed by atoms with Gasteiger partial charge in [0.2, 0.25) is 5.76 Å². The number of nitrogens with zero attached hydrogens (tertiary/aromatic N) is 1. The van der Waals surface area contributed by atoms with Crippen LogP contribution >= 0.6 is 11.8 Å². The summed E-state index contributed by atoms with van der Waals surface area (Å²) in [6, 6.07) is 5.06. The lowest BCUT2D eigenvalue weighted by Gasteiger charge is -2.26. The Labute approximate surface area is 126 Å². The normalized spacial score (nSPS) is 21.6. The van der Waals surface area contributed by atoms with Crippen LogP contribution in [0.4, 0.5) is 0 Å². The van der Waals surface area contributed by atoms with Crippen molar-refractivity contribution in [3.63, 3.8) is 0 Å². The van der Waals surface area contributed by atoms with Crippen molar-refractivity contribution in [1.82, 2.24) is 10.5 Å². The van der Waals surface area contributed by atoms with Crippen LogP contribution < -0.4 is 5.32 Å². The van der Waals surface area contributed by atoms with Gasteiger partial charge in [0.25, 0.3) is 5.91 Å². The molecule has 1 amide bonds. The average Bonchev–Trinajstić information content (AvgIpc) is 3.25.